The Labute approximate surface area is 198 Å². The van der Waals surface area contributed by atoms with E-state index in [9.17, 15) is 4.79 Å². The number of para-hydroxylation sites is 1. The van der Waals surface area contributed by atoms with Gasteiger partial charge in [-0.15, -0.1) is 5.10 Å². The molecule has 1 saturated carbocycles. The highest BCUT2D eigenvalue weighted by Gasteiger charge is 2.39. The molecule has 2 atom stereocenters. The number of nitrogens with zero attached hydrogens (tertiary/aromatic N) is 5. The standard InChI is InChI=1S/C27H30N6O/c1-16-12-20-15-22(27(34)28-23(20)13-17(16)2)25(26-29-30-31-33(26)21-9-5-6-10-21)32-18(3)14-19-8-4-7-11-24(19)32/h4,7-8,11-13,15,18,21,25H,5-6,9-10,14H2,1-3H3,(H,28,34)/t18-,25+/m1/s1. The third kappa shape index (κ3) is 3.33. The molecule has 0 unspecified atom stereocenters. The molecule has 0 saturated heterocycles. The van der Waals surface area contributed by atoms with Gasteiger partial charge in [-0.1, -0.05) is 31.0 Å². The smallest absolute Gasteiger partial charge is 0.254 e. The zero-order chi connectivity index (χ0) is 23.4. The maximum Gasteiger partial charge on any atom is 0.254 e. The fourth-order valence-corrected chi connectivity index (χ4v) is 5.88. The number of fused-ring (bicyclic) bond motifs is 2. The van der Waals surface area contributed by atoms with Crippen LogP contribution >= 0.6 is 0 Å². The Hall–Kier alpha value is -3.48. The molecule has 7 nitrogen and oxygen atoms in total. The summed E-state index contributed by atoms with van der Waals surface area (Å²) in [5, 5.41) is 14.1. The third-order valence-corrected chi connectivity index (χ3v) is 7.75. The van der Waals surface area contributed by atoms with Gasteiger partial charge in [-0.3, -0.25) is 4.79 Å². The quantitative estimate of drug-likeness (QED) is 0.480. The molecule has 7 heteroatoms. The van der Waals surface area contributed by atoms with Gasteiger partial charge in [0.1, 0.15) is 6.04 Å². The first-order valence-electron chi connectivity index (χ1n) is 12.3. The van der Waals surface area contributed by atoms with Gasteiger partial charge in [0.05, 0.1) is 6.04 Å². The van der Waals surface area contributed by atoms with E-state index in [4.69, 9.17) is 0 Å². The maximum absolute atomic E-state index is 13.6. The summed E-state index contributed by atoms with van der Waals surface area (Å²) in [4.78, 5) is 19.1. The lowest BCUT2D eigenvalue weighted by Crippen LogP contribution is -2.39. The minimum atomic E-state index is -0.371. The summed E-state index contributed by atoms with van der Waals surface area (Å²) in [7, 11) is 0. The molecule has 4 aromatic rings. The molecule has 1 aliphatic heterocycles. The molecule has 0 bridgehead atoms. The molecule has 1 aliphatic carbocycles. The van der Waals surface area contributed by atoms with Crippen molar-refractivity contribution in [3.8, 4) is 0 Å². The number of hydrogen-bond acceptors (Lipinski definition) is 5. The van der Waals surface area contributed by atoms with Crippen LogP contribution in [0.4, 0.5) is 5.69 Å². The van der Waals surface area contributed by atoms with E-state index >= 15 is 0 Å². The van der Waals surface area contributed by atoms with Crippen LogP contribution < -0.4 is 10.5 Å². The number of tetrazole rings is 1. The van der Waals surface area contributed by atoms with E-state index in [0.717, 1.165) is 41.7 Å². The van der Waals surface area contributed by atoms with Crippen molar-refractivity contribution in [2.45, 2.75) is 71.0 Å². The molecule has 2 aromatic heterocycles. The second kappa shape index (κ2) is 8.08. The van der Waals surface area contributed by atoms with E-state index in [2.05, 4.69) is 82.6 Å². The molecule has 0 spiro atoms. The van der Waals surface area contributed by atoms with E-state index in [1.54, 1.807) is 0 Å². The van der Waals surface area contributed by atoms with Gasteiger partial charge in [-0.25, -0.2) is 4.68 Å². The van der Waals surface area contributed by atoms with Crippen LogP contribution in [0.25, 0.3) is 10.9 Å². The van der Waals surface area contributed by atoms with E-state index in [1.165, 1.54) is 29.5 Å². The first-order valence-corrected chi connectivity index (χ1v) is 12.3. The van der Waals surface area contributed by atoms with Crippen molar-refractivity contribution >= 4 is 16.6 Å². The van der Waals surface area contributed by atoms with Crippen molar-refractivity contribution in [1.82, 2.24) is 25.2 Å². The number of rotatable bonds is 4. The Morgan fingerprint density at radius 2 is 1.82 bits per heavy atom. The van der Waals surface area contributed by atoms with Crippen molar-refractivity contribution < 1.29 is 0 Å². The summed E-state index contributed by atoms with van der Waals surface area (Å²) in [6.45, 7) is 6.40. The van der Waals surface area contributed by atoms with Crippen LogP contribution in [0.3, 0.4) is 0 Å². The number of aromatic nitrogens is 5. The van der Waals surface area contributed by atoms with Gasteiger partial charge >= 0.3 is 0 Å². The van der Waals surface area contributed by atoms with Gasteiger partial charge < -0.3 is 9.88 Å². The van der Waals surface area contributed by atoms with E-state index in [0.29, 0.717) is 5.56 Å². The van der Waals surface area contributed by atoms with Crippen LogP contribution in [0.2, 0.25) is 0 Å². The average Bonchev–Trinajstić information content (AvgIpc) is 3.56. The molecule has 3 heterocycles. The van der Waals surface area contributed by atoms with Crippen LogP contribution in [0.15, 0.2) is 47.3 Å². The van der Waals surface area contributed by atoms with Crippen molar-refractivity contribution in [1.29, 1.82) is 0 Å². The van der Waals surface area contributed by atoms with Crippen LogP contribution in [-0.2, 0) is 6.42 Å². The van der Waals surface area contributed by atoms with Crippen LogP contribution in [0, 0.1) is 13.8 Å². The zero-order valence-electron chi connectivity index (χ0n) is 20.0. The van der Waals surface area contributed by atoms with Crippen LogP contribution in [0.1, 0.15) is 72.8 Å². The number of pyridine rings is 1. The topological polar surface area (TPSA) is 79.7 Å². The first-order chi connectivity index (χ1) is 16.5. The summed E-state index contributed by atoms with van der Waals surface area (Å²) in [6, 6.07) is 14.9. The molecule has 0 radical (unpaired) electrons. The number of H-pyrrole nitrogens is 1. The van der Waals surface area contributed by atoms with Gasteiger partial charge in [0, 0.05) is 22.8 Å². The Morgan fingerprint density at radius 1 is 1.06 bits per heavy atom. The van der Waals surface area contributed by atoms with Gasteiger partial charge in [0.15, 0.2) is 5.82 Å². The number of aryl methyl sites for hydroxylation is 2. The van der Waals surface area contributed by atoms with Crippen molar-refractivity contribution in [3.63, 3.8) is 0 Å². The number of benzene rings is 2. The molecule has 2 aromatic carbocycles. The lowest BCUT2D eigenvalue weighted by Gasteiger charge is -2.34. The summed E-state index contributed by atoms with van der Waals surface area (Å²) in [5.41, 5.74) is 6.29. The minimum absolute atomic E-state index is 0.0849. The second-order valence-electron chi connectivity index (χ2n) is 9.99. The van der Waals surface area contributed by atoms with Gasteiger partial charge in [-0.05, 0) is 96.8 Å². The minimum Gasteiger partial charge on any atom is -0.354 e. The molecule has 2 aliphatic rings. The number of aromatic amines is 1. The molecule has 6 rings (SSSR count). The summed E-state index contributed by atoms with van der Waals surface area (Å²) in [5.74, 6) is 0.754. The summed E-state index contributed by atoms with van der Waals surface area (Å²) in [6.07, 6.45) is 5.45. The lowest BCUT2D eigenvalue weighted by atomic mass is 10.00. The second-order valence-corrected chi connectivity index (χ2v) is 9.99. The normalized spacial score (nSPS) is 19.1. The van der Waals surface area contributed by atoms with Crippen LogP contribution in [0.5, 0.6) is 0 Å². The fourth-order valence-electron chi connectivity index (χ4n) is 5.88. The fraction of sp³-hybridized carbons (Fsp3) is 0.407. The first kappa shape index (κ1) is 21.1. The third-order valence-electron chi connectivity index (χ3n) is 7.75. The average molecular weight is 455 g/mol. The Bertz CT molecular complexity index is 1430. The van der Waals surface area contributed by atoms with E-state index in [1.807, 2.05) is 10.7 Å². The monoisotopic (exact) mass is 454 g/mol. The SMILES string of the molecule is Cc1cc2cc([C@@H](c3nnnn3C3CCCC3)N3c4ccccc4C[C@H]3C)c(=O)[nH]c2cc1C. The Kier molecular flexibility index (Phi) is 5.01. The summed E-state index contributed by atoms with van der Waals surface area (Å²) >= 11 is 0. The highest BCUT2D eigenvalue weighted by Crippen LogP contribution is 2.42. The van der Waals surface area contributed by atoms with E-state index < -0.39 is 0 Å². The molecule has 1 N–H and O–H groups in total. The number of hydrogen-bond donors (Lipinski definition) is 1. The van der Waals surface area contributed by atoms with Crippen LogP contribution in [-0.4, -0.2) is 31.2 Å². The van der Waals surface area contributed by atoms with E-state index in [-0.39, 0.29) is 23.7 Å². The Balaban J connectivity index is 1.59. The maximum atomic E-state index is 13.6. The lowest BCUT2D eigenvalue weighted by molar-refractivity contribution is 0.423. The molecular formula is C27H30N6O. The molecule has 34 heavy (non-hydrogen) atoms. The van der Waals surface area contributed by atoms with Gasteiger partial charge in [0.25, 0.3) is 5.56 Å². The number of anilines is 1. The Morgan fingerprint density at radius 3 is 2.65 bits per heavy atom. The highest BCUT2D eigenvalue weighted by atomic mass is 16.1. The van der Waals surface area contributed by atoms with Crippen molar-refractivity contribution in [2.75, 3.05) is 4.90 Å². The molecule has 174 valence electrons. The predicted molar refractivity (Wildman–Crippen MR) is 133 cm³/mol. The van der Waals surface area contributed by atoms with Gasteiger partial charge in [0.2, 0.25) is 0 Å². The highest BCUT2D eigenvalue weighted by molar-refractivity contribution is 5.81. The van der Waals surface area contributed by atoms with Crippen molar-refractivity contribution in [2.24, 2.45) is 0 Å². The zero-order valence-corrected chi connectivity index (χ0v) is 20.0. The van der Waals surface area contributed by atoms with Crippen molar-refractivity contribution in [3.05, 3.63) is 80.9 Å². The van der Waals surface area contributed by atoms with Gasteiger partial charge in [-0.2, -0.15) is 0 Å². The predicted octanol–water partition coefficient (Wildman–Crippen LogP) is 4.79. The molecule has 1 fully saturated rings. The number of nitrogens with one attached hydrogen (secondary N) is 1. The summed E-state index contributed by atoms with van der Waals surface area (Å²) < 4.78 is 2.00. The largest absolute Gasteiger partial charge is 0.354 e. The molecule has 0 amide bonds. The molecular weight excluding hydrogens is 424 g/mol.